The SMILES string of the molecule is CCCCCN(C)C(CN)(CCC)CCC. The lowest BCUT2D eigenvalue weighted by molar-refractivity contribution is 0.101. The van der Waals surface area contributed by atoms with Crippen LogP contribution in [0.3, 0.4) is 0 Å². The first-order valence-electron chi connectivity index (χ1n) is 7.08. The fourth-order valence-corrected chi connectivity index (χ4v) is 2.63. The van der Waals surface area contributed by atoms with E-state index in [1.165, 1.54) is 51.5 Å². The van der Waals surface area contributed by atoms with Gasteiger partial charge in [0.2, 0.25) is 0 Å². The molecule has 2 heteroatoms. The summed E-state index contributed by atoms with van der Waals surface area (Å²) in [5.41, 5.74) is 6.30. The van der Waals surface area contributed by atoms with Gasteiger partial charge in [0.15, 0.2) is 0 Å². The van der Waals surface area contributed by atoms with Gasteiger partial charge in [-0.25, -0.2) is 0 Å². The van der Waals surface area contributed by atoms with Crippen LogP contribution in [0.4, 0.5) is 0 Å². The highest BCUT2D eigenvalue weighted by molar-refractivity contribution is 4.89. The van der Waals surface area contributed by atoms with Crippen LogP contribution in [0.2, 0.25) is 0 Å². The summed E-state index contributed by atoms with van der Waals surface area (Å²) in [5.74, 6) is 0. The summed E-state index contributed by atoms with van der Waals surface area (Å²) in [5, 5.41) is 0. The Hall–Kier alpha value is -0.0800. The third-order valence-electron chi connectivity index (χ3n) is 3.72. The molecule has 0 aromatic rings. The molecule has 0 fully saturated rings. The number of likely N-dealkylation sites (N-methyl/N-ethyl adjacent to an activating group) is 1. The van der Waals surface area contributed by atoms with Crippen molar-refractivity contribution in [1.82, 2.24) is 4.90 Å². The predicted octanol–water partition coefficient (Wildman–Crippen LogP) is 3.41. The van der Waals surface area contributed by atoms with Crippen LogP contribution in [-0.4, -0.2) is 30.6 Å². The van der Waals surface area contributed by atoms with E-state index in [0.717, 1.165) is 6.54 Å². The average Bonchev–Trinajstić information content (AvgIpc) is 2.28. The van der Waals surface area contributed by atoms with Crippen LogP contribution in [-0.2, 0) is 0 Å². The van der Waals surface area contributed by atoms with Crippen LogP contribution in [0.5, 0.6) is 0 Å². The molecule has 0 bridgehead atoms. The fourth-order valence-electron chi connectivity index (χ4n) is 2.63. The number of nitrogens with two attached hydrogens (primary N) is 1. The van der Waals surface area contributed by atoms with E-state index in [2.05, 4.69) is 32.7 Å². The van der Waals surface area contributed by atoms with Crippen LogP contribution in [0.25, 0.3) is 0 Å². The highest BCUT2D eigenvalue weighted by Crippen LogP contribution is 2.25. The minimum absolute atomic E-state index is 0.261. The number of rotatable bonds is 10. The Bertz CT molecular complexity index is 151. The molecule has 98 valence electrons. The van der Waals surface area contributed by atoms with Gasteiger partial charge in [-0.2, -0.15) is 0 Å². The molecule has 2 N–H and O–H groups in total. The van der Waals surface area contributed by atoms with E-state index >= 15 is 0 Å². The molecule has 0 aliphatic rings. The molecule has 0 aromatic carbocycles. The lowest BCUT2D eigenvalue weighted by Gasteiger charge is -2.41. The van der Waals surface area contributed by atoms with Gasteiger partial charge in [0.05, 0.1) is 0 Å². The van der Waals surface area contributed by atoms with E-state index in [4.69, 9.17) is 5.73 Å². The summed E-state index contributed by atoms with van der Waals surface area (Å²) in [6, 6.07) is 0. The summed E-state index contributed by atoms with van der Waals surface area (Å²) in [4.78, 5) is 2.52. The zero-order valence-electron chi connectivity index (χ0n) is 11.9. The lowest BCUT2D eigenvalue weighted by atomic mass is 9.87. The molecule has 0 rings (SSSR count). The summed E-state index contributed by atoms with van der Waals surface area (Å²) >= 11 is 0. The van der Waals surface area contributed by atoms with Crippen molar-refractivity contribution < 1.29 is 0 Å². The summed E-state index contributed by atoms with van der Waals surface area (Å²) in [6.07, 6.45) is 8.88. The molecule has 0 aliphatic carbocycles. The highest BCUT2D eigenvalue weighted by Gasteiger charge is 2.30. The van der Waals surface area contributed by atoms with Gasteiger partial charge >= 0.3 is 0 Å². The van der Waals surface area contributed by atoms with E-state index in [1.807, 2.05) is 0 Å². The minimum Gasteiger partial charge on any atom is -0.329 e. The van der Waals surface area contributed by atoms with Gasteiger partial charge < -0.3 is 5.73 Å². The van der Waals surface area contributed by atoms with Gasteiger partial charge in [0.25, 0.3) is 0 Å². The van der Waals surface area contributed by atoms with Crippen molar-refractivity contribution in [3.63, 3.8) is 0 Å². The molecule has 0 saturated carbocycles. The third kappa shape index (κ3) is 4.84. The van der Waals surface area contributed by atoms with Crippen molar-refractivity contribution in [1.29, 1.82) is 0 Å². The Morgan fingerprint density at radius 3 is 1.88 bits per heavy atom. The van der Waals surface area contributed by atoms with E-state index in [0.29, 0.717) is 0 Å². The van der Waals surface area contributed by atoms with E-state index in [-0.39, 0.29) is 5.54 Å². The molecular weight excluding hydrogens is 196 g/mol. The van der Waals surface area contributed by atoms with Gasteiger partial charge in [0.1, 0.15) is 0 Å². The topological polar surface area (TPSA) is 29.3 Å². The van der Waals surface area contributed by atoms with Gasteiger partial charge in [-0.3, -0.25) is 4.90 Å². The monoisotopic (exact) mass is 228 g/mol. The molecule has 0 spiro atoms. The van der Waals surface area contributed by atoms with E-state index in [1.54, 1.807) is 0 Å². The van der Waals surface area contributed by atoms with Gasteiger partial charge in [0, 0.05) is 12.1 Å². The van der Waals surface area contributed by atoms with Crippen molar-refractivity contribution in [2.75, 3.05) is 20.1 Å². The van der Waals surface area contributed by atoms with E-state index < -0.39 is 0 Å². The molecule has 0 atom stereocenters. The average molecular weight is 228 g/mol. The maximum absolute atomic E-state index is 6.04. The van der Waals surface area contributed by atoms with Crippen molar-refractivity contribution in [3.8, 4) is 0 Å². The molecule has 0 heterocycles. The van der Waals surface area contributed by atoms with Crippen LogP contribution < -0.4 is 5.73 Å². The Labute approximate surface area is 103 Å². The Balaban J connectivity index is 4.33. The maximum atomic E-state index is 6.04. The zero-order chi connectivity index (χ0) is 12.4. The Morgan fingerprint density at radius 2 is 1.50 bits per heavy atom. The Morgan fingerprint density at radius 1 is 0.938 bits per heavy atom. The van der Waals surface area contributed by atoms with Crippen LogP contribution in [0.1, 0.15) is 65.7 Å². The molecule has 0 saturated heterocycles. The number of hydrogen-bond acceptors (Lipinski definition) is 2. The van der Waals surface area contributed by atoms with Crippen LogP contribution in [0, 0.1) is 0 Å². The second-order valence-corrected chi connectivity index (χ2v) is 5.06. The fraction of sp³-hybridized carbons (Fsp3) is 1.00. The quantitative estimate of drug-likeness (QED) is 0.581. The second-order valence-electron chi connectivity index (χ2n) is 5.06. The summed E-state index contributed by atoms with van der Waals surface area (Å²) in [6.45, 7) is 8.79. The molecule has 16 heavy (non-hydrogen) atoms. The molecular formula is C14H32N2. The lowest BCUT2D eigenvalue weighted by Crippen LogP contribution is -2.52. The van der Waals surface area contributed by atoms with E-state index in [9.17, 15) is 0 Å². The number of unbranched alkanes of at least 4 members (excludes halogenated alkanes) is 2. The molecule has 0 amide bonds. The maximum Gasteiger partial charge on any atom is 0.0328 e. The normalized spacial score (nSPS) is 12.4. The smallest absolute Gasteiger partial charge is 0.0328 e. The minimum atomic E-state index is 0.261. The highest BCUT2D eigenvalue weighted by atomic mass is 15.2. The first kappa shape index (κ1) is 15.9. The van der Waals surface area contributed by atoms with Crippen molar-refractivity contribution in [2.45, 2.75) is 71.3 Å². The zero-order valence-corrected chi connectivity index (χ0v) is 11.9. The summed E-state index contributed by atoms with van der Waals surface area (Å²) < 4.78 is 0. The standard InChI is InChI=1S/C14H32N2/c1-5-8-9-12-16(4)14(13-15,10-6-2)11-7-3/h5-13,15H2,1-4H3. The van der Waals surface area contributed by atoms with Gasteiger partial charge in [-0.1, -0.05) is 46.5 Å². The first-order chi connectivity index (χ1) is 7.66. The molecule has 0 aromatic heterocycles. The van der Waals surface area contributed by atoms with Crippen molar-refractivity contribution in [3.05, 3.63) is 0 Å². The van der Waals surface area contributed by atoms with Crippen molar-refractivity contribution >= 4 is 0 Å². The molecule has 0 aliphatic heterocycles. The first-order valence-corrected chi connectivity index (χ1v) is 7.08. The second kappa shape index (κ2) is 9.00. The number of hydrogen-bond donors (Lipinski definition) is 1. The molecule has 2 nitrogen and oxygen atoms in total. The van der Waals surface area contributed by atoms with Gasteiger partial charge in [-0.15, -0.1) is 0 Å². The van der Waals surface area contributed by atoms with Crippen molar-refractivity contribution in [2.24, 2.45) is 5.73 Å². The number of nitrogens with zero attached hydrogens (tertiary/aromatic N) is 1. The third-order valence-corrected chi connectivity index (χ3v) is 3.72. The predicted molar refractivity (Wildman–Crippen MR) is 73.8 cm³/mol. The largest absolute Gasteiger partial charge is 0.329 e. The molecule has 0 unspecified atom stereocenters. The van der Waals surface area contributed by atoms with Crippen LogP contribution in [0.15, 0.2) is 0 Å². The molecule has 0 radical (unpaired) electrons. The van der Waals surface area contributed by atoms with Gasteiger partial charge in [-0.05, 0) is 32.9 Å². The summed E-state index contributed by atoms with van der Waals surface area (Å²) in [7, 11) is 2.26. The Kier molecular flexibility index (Phi) is 8.96. The van der Waals surface area contributed by atoms with Crippen LogP contribution >= 0.6 is 0 Å².